The molecule has 1 fully saturated rings. The maximum Gasteiger partial charge on any atom is 0.200 e. The van der Waals surface area contributed by atoms with Crippen molar-refractivity contribution >= 4 is 11.3 Å². The summed E-state index contributed by atoms with van der Waals surface area (Å²) in [6.07, 6.45) is 4.03. The predicted molar refractivity (Wildman–Crippen MR) is 91.9 cm³/mol. The fourth-order valence-corrected chi connectivity index (χ4v) is 2.82. The highest BCUT2D eigenvalue weighted by Gasteiger charge is 2.26. The first-order valence-electron chi connectivity index (χ1n) is 8.28. The molecule has 1 aliphatic carbocycles. The second-order valence-corrected chi connectivity index (χ2v) is 6.18. The van der Waals surface area contributed by atoms with Gasteiger partial charge in [-0.25, -0.2) is 4.98 Å². The minimum atomic E-state index is 0.524. The van der Waals surface area contributed by atoms with Crippen LogP contribution in [0.5, 0.6) is 0 Å². The molecule has 4 aromatic rings. The third-order valence-corrected chi connectivity index (χ3v) is 4.29. The molecule has 0 radical (unpaired) electrons. The first-order valence-corrected chi connectivity index (χ1v) is 8.28. The van der Waals surface area contributed by atoms with Gasteiger partial charge in [-0.05, 0) is 18.9 Å². The maximum atomic E-state index is 4.57. The summed E-state index contributed by atoms with van der Waals surface area (Å²) in [6.45, 7) is 0.524. The van der Waals surface area contributed by atoms with E-state index in [9.17, 15) is 0 Å². The lowest BCUT2D eigenvalue weighted by atomic mass is 10.2. The van der Waals surface area contributed by atoms with Crippen LogP contribution in [0, 0.1) is 0 Å². The Bertz CT molecular complexity index is 1020. The van der Waals surface area contributed by atoms with Crippen molar-refractivity contribution in [3.05, 3.63) is 54.2 Å². The van der Waals surface area contributed by atoms with E-state index in [2.05, 4.69) is 41.9 Å². The molecule has 0 spiro atoms. The van der Waals surface area contributed by atoms with Crippen LogP contribution in [0.15, 0.2) is 42.7 Å². The van der Waals surface area contributed by atoms with Crippen LogP contribution in [-0.2, 0) is 6.54 Å². The largest absolute Gasteiger partial charge is 0.375 e. The van der Waals surface area contributed by atoms with Gasteiger partial charge in [0.1, 0.15) is 12.2 Å². The summed E-state index contributed by atoms with van der Waals surface area (Å²) in [7, 11) is 0. The van der Waals surface area contributed by atoms with Gasteiger partial charge in [-0.1, -0.05) is 30.3 Å². The van der Waals surface area contributed by atoms with Gasteiger partial charge in [-0.2, -0.15) is 14.7 Å². The second kappa shape index (κ2) is 5.66. The number of fused-ring (bicyclic) bond motifs is 1. The lowest BCUT2D eigenvalue weighted by Crippen LogP contribution is -2.06. The molecule has 0 atom stereocenters. The van der Waals surface area contributed by atoms with Crippen LogP contribution in [0.25, 0.3) is 17.0 Å². The van der Waals surface area contributed by atoms with E-state index in [-0.39, 0.29) is 0 Å². The molecule has 0 bridgehead atoms. The molecule has 3 aromatic heterocycles. The third kappa shape index (κ3) is 2.71. The molecule has 0 aliphatic heterocycles. The molecule has 0 saturated heterocycles. The fraction of sp³-hybridized carbons (Fsp3) is 0.235. The quantitative estimate of drug-likeness (QED) is 0.582. The van der Waals surface area contributed by atoms with Crippen LogP contribution < -0.4 is 5.32 Å². The van der Waals surface area contributed by atoms with Gasteiger partial charge < -0.3 is 5.32 Å². The number of benzene rings is 1. The topological polar surface area (TPSA) is 96.7 Å². The van der Waals surface area contributed by atoms with E-state index in [1.165, 1.54) is 12.8 Å². The third-order valence-electron chi connectivity index (χ3n) is 4.29. The van der Waals surface area contributed by atoms with E-state index < -0.39 is 0 Å². The standard InChI is InChI=1S/C17H16N8/c1-2-4-12(5-3-1)16-20-15(21-22-16)9-18-14-8-13(11-6-7-11)24-25-10-19-23-17(14)25/h1-5,8,10-11,18H,6-7,9H2,(H,20,21,22). The number of aromatic amines is 1. The average molecular weight is 332 g/mol. The van der Waals surface area contributed by atoms with Crippen LogP contribution in [0.1, 0.15) is 30.3 Å². The highest BCUT2D eigenvalue weighted by Crippen LogP contribution is 2.39. The van der Waals surface area contributed by atoms with Gasteiger partial charge >= 0.3 is 0 Å². The molecule has 8 heteroatoms. The Morgan fingerprint density at radius 2 is 2.08 bits per heavy atom. The molecule has 1 aliphatic rings. The number of H-pyrrole nitrogens is 1. The van der Waals surface area contributed by atoms with Crippen LogP contribution in [0.3, 0.4) is 0 Å². The van der Waals surface area contributed by atoms with Crippen LogP contribution in [0.2, 0.25) is 0 Å². The van der Waals surface area contributed by atoms with Crippen molar-refractivity contribution in [2.75, 3.05) is 5.32 Å². The first-order chi connectivity index (χ1) is 12.4. The van der Waals surface area contributed by atoms with Gasteiger partial charge in [0.05, 0.1) is 17.9 Å². The van der Waals surface area contributed by atoms with E-state index in [0.29, 0.717) is 23.9 Å². The van der Waals surface area contributed by atoms with Crippen molar-refractivity contribution in [1.82, 2.24) is 35.0 Å². The fourth-order valence-electron chi connectivity index (χ4n) is 2.82. The lowest BCUT2D eigenvalue weighted by Gasteiger charge is -2.07. The Kier molecular flexibility index (Phi) is 3.19. The smallest absolute Gasteiger partial charge is 0.200 e. The van der Waals surface area contributed by atoms with Crippen molar-refractivity contribution < 1.29 is 0 Å². The zero-order valence-electron chi connectivity index (χ0n) is 13.4. The molecule has 5 rings (SSSR count). The summed E-state index contributed by atoms with van der Waals surface area (Å²) in [4.78, 5) is 4.55. The number of rotatable bonds is 5. The minimum Gasteiger partial charge on any atom is -0.375 e. The normalized spacial score (nSPS) is 14.1. The zero-order valence-corrected chi connectivity index (χ0v) is 13.4. The van der Waals surface area contributed by atoms with Gasteiger partial charge in [0.25, 0.3) is 0 Å². The average Bonchev–Trinajstić information content (AvgIpc) is 3.21. The van der Waals surface area contributed by atoms with Crippen LogP contribution >= 0.6 is 0 Å². The Labute approximate surface area is 143 Å². The number of anilines is 1. The van der Waals surface area contributed by atoms with Gasteiger partial charge in [-0.15, -0.1) is 10.2 Å². The summed E-state index contributed by atoms with van der Waals surface area (Å²) < 4.78 is 1.73. The molecule has 3 heterocycles. The molecule has 8 nitrogen and oxygen atoms in total. The summed E-state index contributed by atoms with van der Waals surface area (Å²) in [6, 6.07) is 12.0. The van der Waals surface area contributed by atoms with Crippen molar-refractivity contribution in [2.24, 2.45) is 0 Å². The van der Waals surface area contributed by atoms with Gasteiger partial charge in [0.2, 0.25) is 5.65 Å². The number of nitrogens with zero attached hydrogens (tertiary/aromatic N) is 6. The lowest BCUT2D eigenvalue weighted by molar-refractivity contribution is 0.848. The van der Waals surface area contributed by atoms with Crippen molar-refractivity contribution in [3.8, 4) is 11.4 Å². The number of hydrogen-bond donors (Lipinski definition) is 2. The van der Waals surface area contributed by atoms with Crippen LogP contribution in [0.4, 0.5) is 5.69 Å². The van der Waals surface area contributed by atoms with Crippen molar-refractivity contribution in [3.63, 3.8) is 0 Å². The Hall–Kier alpha value is -3.29. The number of hydrogen-bond acceptors (Lipinski definition) is 6. The monoisotopic (exact) mass is 332 g/mol. The molecular weight excluding hydrogens is 316 g/mol. The zero-order chi connectivity index (χ0) is 16.6. The van der Waals surface area contributed by atoms with Gasteiger partial charge in [0.15, 0.2) is 5.82 Å². The van der Waals surface area contributed by atoms with Gasteiger partial charge in [-0.3, -0.25) is 5.10 Å². The highest BCUT2D eigenvalue weighted by atomic mass is 15.4. The molecule has 2 N–H and O–H groups in total. The van der Waals surface area contributed by atoms with E-state index >= 15 is 0 Å². The Balaban J connectivity index is 1.39. The summed E-state index contributed by atoms with van der Waals surface area (Å²) in [5.74, 6) is 2.02. The summed E-state index contributed by atoms with van der Waals surface area (Å²) >= 11 is 0. The maximum absolute atomic E-state index is 4.57. The Morgan fingerprint density at radius 1 is 1.20 bits per heavy atom. The molecule has 124 valence electrons. The van der Waals surface area contributed by atoms with Crippen molar-refractivity contribution in [2.45, 2.75) is 25.3 Å². The Morgan fingerprint density at radius 3 is 2.92 bits per heavy atom. The minimum absolute atomic E-state index is 0.524. The number of nitrogens with one attached hydrogen (secondary N) is 2. The van der Waals surface area contributed by atoms with Crippen molar-refractivity contribution in [1.29, 1.82) is 0 Å². The van der Waals surface area contributed by atoms with E-state index in [0.717, 1.165) is 22.8 Å². The SMILES string of the molecule is c1ccc(-c2n[nH]c(CNc3cc(C4CC4)nn4cnnc34)n2)cc1. The highest BCUT2D eigenvalue weighted by molar-refractivity contribution is 5.67. The molecular formula is C17H16N8. The number of aromatic nitrogens is 7. The summed E-state index contributed by atoms with van der Waals surface area (Å²) in [5, 5.41) is 23.3. The second-order valence-electron chi connectivity index (χ2n) is 6.18. The molecule has 0 unspecified atom stereocenters. The predicted octanol–water partition coefficient (Wildman–Crippen LogP) is 2.40. The molecule has 0 amide bonds. The summed E-state index contributed by atoms with van der Waals surface area (Å²) in [5.41, 5.74) is 3.70. The van der Waals surface area contributed by atoms with E-state index in [4.69, 9.17) is 0 Å². The molecule has 25 heavy (non-hydrogen) atoms. The first kappa shape index (κ1) is 14.1. The molecule has 1 aromatic carbocycles. The van der Waals surface area contributed by atoms with Crippen LogP contribution in [-0.4, -0.2) is 35.0 Å². The van der Waals surface area contributed by atoms with E-state index in [1.807, 2.05) is 30.3 Å². The van der Waals surface area contributed by atoms with Gasteiger partial charge in [0, 0.05) is 11.5 Å². The molecule has 1 saturated carbocycles. The van der Waals surface area contributed by atoms with E-state index in [1.54, 1.807) is 10.8 Å².